The smallest absolute Gasteiger partial charge is 0.253 e. The number of amides is 2. The molecule has 1 aromatic heterocycles. The minimum absolute atomic E-state index is 0.132. The van der Waals surface area contributed by atoms with Crippen LogP contribution in [0, 0.1) is 0 Å². The van der Waals surface area contributed by atoms with E-state index in [1.807, 2.05) is 6.92 Å². The van der Waals surface area contributed by atoms with Gasteiger partial charge in [0.25, 0.3) is 5.91 Å². The van der Waals surface area contributed by atoms with Gasteiger partial charge in [0.1, 0.15) is 11.2 Å². The van der Waals surface area contributed by atoms with Gasteiger partial charge in [-0.2, -0.15) is 0 Å². The van der Waals surface area contributed by atoms with E-state index < -0.39 is 11.9 Å². The Bertz CT molecular complexity index is 494. The van der Waals surface area contributed by atoms with Crippen LogP contribution in [0.5, 0.6) is 0 Å². The van der Waals surface area contributed by atoms with Crippen molar-refractivity contribution in [1.29, 1.82) is 0 Å². The molecule has 2 amide bonds. The normalized spacial score (nSPS) is 11.8. The van der Waals surface area contributed by atoms with Crippen molar-refractivity contribution in [3.8, 4) is 0 Å². The largest absolute Gasteiger partial charge is 0.344 e. The van der Waals surface area contributed by atoms with Crippen LogP contribution in [0.25, 0.3) is 0 Å². The molecule has 1 unspecified atom stereocenters. The number of carbonyl (C=O) groups is 2. The average Bonchev–Trinajstić information content (AvgIpc) is 2.39. The molecule has 1 rings (SSSR count). The van der Waals surface area contributed by atoms with E-state index in [1.165, 1.54) is 17.2 Å². The lowest BCUT2D eigenvalue weighted by atomic mass is 10.2. The van der Waals surface area contributed by atoms with E-state index in [0.29, 0.717) is 6.54 Å². The predicted octanol–water partition coefficient (Wildman–Crippen LogP) is 1.98. The molecule has 0 fully saturated rings. The molecule has 0 aromatic carbocycles. The quantitative estimate of drug-likeness (QED) is 0.865. The van der Waals surface area contributed by atoms with Crippen molar-refractivity contribution in [2.24, 2.45) is 0 Å². The van der Waals surface area contributed by atoms with Gasteiger partial charge in [0, 0.05) is 19.8 Å². The van der Waals surface area contributed by atoms with Crippen molar-refractivity contribution < 1.29 is 9.59 Å². The summed E-state index contributed by atoms with van der Waals surface area (Å²) in [5.74, 6) is -0.583. The van der Waals surface area contributed by atoms with Gasteiger partial charge >= 0.3 is 0 Å². The van der Waals surface area contributed by atoms with Crippen LogP contribution in [0.4, 0.5) is 0 Å². The molecule has 5 nitrogen and oxygen atoms in total. The second-order valence-corrected chi connectivity index (χ2v) is 4.81. The first-order chi connectivity index (χ1) is 8.86. The van der Waals surface area contributed by atoms with E-state index in [-0.39, 0.29) is 21.6 Å². The Morgan fingerprint density at radius 1 is 1.47 bits per heavy atom. The molecule has 1 heterocycles. The number of hydrogen-bond acceptors (Lipinski definition) is 3. The van der Waals surface area contributed by atoms with Gasteiger partial charge in [0.05, 0.1) is 10.6 Å². The number of likely N-dealkylation sites (N-methyl/N-ethyl adjacent to an activating group) is 1. The molecule has 0 spiro atoms. The molecule has 19 heavy (non-hydrogen) atoms. The molecular weight excluding hydrogens is 289 g/mol. The van der Waals surface area contributed by atoms with E-state index in [4.69, 9.17) is 23.2 Å². The van der Waals surface area contributed by atoms with Gasteiger partial charge in [-0.1, -0.05) is 23.2 Å². The molecule has 104 valence electrons. The van der Waals surface area contributed by atoms with Crippen molar-refractivity contribution in [2.45, 2.75) is 19.9 Å². The number of rotatable bonds is 4. The van der Waals surface area contributed by atoms with E-state index in [0.717, 1.165) is 0 Å². The summed E-state index contributed by atoms with van der Waals surface area (Å²) in [5, 5.41) is 2.91. The number of hydrogen-bond donors (Lipinski definition) is 1. The average molecular weight is 304 g/mol. The number of halogens is 2. The molecule has 1 atom stereocenters. The maximum Gasteiger partial charge on any atom is 0.253 e. The summed E-state index contributed by atoms with van der Waals surface area (Å²) in [7, 11) is 1.67. The fourth-order valence-electron chi connectivity index (χ4n) is 1.37. The van der Waals surface area contributed by atoms with Gasteiger partial charge in [-0.3, -0.25) is 9.59 Å². The summed E-state index contributed by atoms with van der Waals surface area (Å²) >= 11 is 11.4. The molecule has 0 aliphatic rings. The minimum Gasteiger partial charge on any atom is -0.344 e. The fraction of sp³-hybridized carbons (Fsp3) is 0.417. The predicted molar refractivity (Wildman–Crippen MR) is 74.5 cm³/mol. The monoisotopic (exact) mass is 303 g/mol. The number of carbonyl (C=O) groups excluding carboxylic acids is 2. The van der Waals surface area contributed by atoms with Crippen LogP contribution in [-0.2, 0) is 4.79 Å². The molecular formula is C12H15Cl2N3O2. The van der Waals surface area contributed by atoms with Crippen LogP contribution < -0.4 is 5.32 Å². The molecule has 7 heteroatoms. The van der Waals surface area contributed by atoms with Crippen LogP contribution >= 0.6 is 23.2 Å². The van der Waals surface area contributed by atoms with Crippen LogP contribution in [0.1, 0.15) is 24.2 Å². The standard InChI is InChI=1S/C12H15Cl2N3O2/c1-4-17(3)12(19)7(2)16-11(18)8-5-9(13)10(14)15-6-8/h5-7H,4H2,1-3H3,(H,16,18). The van der Waals surface area contributed by atoms with Crippen LogP contribution in [-0.4, -0.2) is 41.3 Å². The van der Waals surface area contributed by atoms with Gasteiger partial charge in [0.2, 0.25) is 5.91 Å². The van der Waals surface area contributed by atoms with E-state index in [2.05, 4.69) is 10.3 Å². The van der Waals surface area contributed by atoms with Crippen LogP contribution in [0.15, 0.2) is 12.3 Å². The molecule has 0 aliphatic carbocycles. The molecule has 1 N–H and O–H groups in total. The van der Waals surface area contributed by atoms with Crippen molar-refractivity contribution in [2.75, 3.05) is 13.6 Å². The third-order valence-corrected chi connectivity index (χ3v) is 3.31. The highest BCUT2D eigenvalue weighted by molar-refractivity contribution is 6.41. The molecule has 1 aromatic rings. The first-order valence-corrected chi connectivity index (χ1v) is 6.49. The zero-order valence-corrected chi connectivity index (χ0v) is 12.4. The number of nitrogens with one attached hydrogen (secondary N) is 1. The van der Waals surface area contributed by atoms with E-state index in [9.17, 15) is 9.59 Å². The van der Waals surface area contributed by atoms with Gasteiger partial charge in [-0.15, -0.1) is 0 Å². The summed E-state index contributed by atoms with van der Waals surface area (Å²) in [4.78, 5) is 29.0. The minimum atomic E-state index is -0.619. The summed E-state index contributed by atoms with van der Waals surface area (Å²) in [6, 6.07) is 0.791. The summed E-state index contributed by atoms with van der Waals surface area (Å²) in [6.07, 6.45) is 1.31. The number of nitrogens with zero attached hydrogens (tertiary/aromatic N) is 2. The van der Waals surface area contributed by atoms with Gasteiger partial charge in [0.15, 0.2) is 0 Å². The highest BCUT2D eigenvalue weighted by atomic mass is 35.5. The van der Waals surface area contributed by atoms with Gasteiger partial charge < -0.3 is 10.2 Å². The van der Waals surface area contributed by atoms with E-state index >= 15 is 0 Å². The summed E-state index contributed by atoms with van der Waals surface area (Å²) in [5.41, 5.74) is 0.258. The van der Waals surface area contributed by atoms with Gasteiger partial charge in [-0.05, 0) is 19.9 Å². The number of aromatic nitrogens is 1. The summed E-state index contributed by atoms with van der Waals surface area (Å²) in [6.45, 7) is 4.06. The lowest BCUT2D eigenvalue weighted by molar-refractivity contribution is -0.131. The zero-order chi connectivity index (χ0) is 14.6. The lowest BCUT2D eigenvalue weighted by Crippen LogP contribution is -2.45. The van der Waals surface area contributed by atoms with Crippen molar-refractivity contribution >= 4 is 35.0 Å². The first kappa shape index (κ1) is 15.7. The Labute approximate surface area is 121 Å². The SMILES string of the molecule is CCN(C)C(=O)C(C)NC(=O)c1cnc(Cl)c(Cl)c1. The molecule has 0 saturated carbocycles. The maximum absolute atomic E-state index is 11.9. The Morgan fingerprint density at radius 2 is 2.11 bits per heavy atom. The van der Waals surface area contributed by atoms with E-state index in [1.54, 1.807) is 14.0 Å². The topological polar surface area (TPSA) is 62.3 Å². The van der Waals surface area contributed by atoms with Crippen LogP contribution in [0.2, 0.25) is 10.2 Å². The molecule has 0 aliphatic heterocycles. The summed E-state index contributed by atoms with van der Waals surface area (Å²) < 4.78 is 0. The van der Waals surface area contributed by atoms with Gasteiger partial charge in [-0.25, -0.2) is 4.98 Å². The Balaban J connectivity index is 2.74. The Kier molecular flexibility index (Phi) is 5.57. The highest BCUT2D eigenvalue weighted by Gasteiger charge is 2.19. The highest BCUT2D eigenvalue weighted by Crippen LogP contribution is 2.19. The van der Waals surface area contributed by atoms with Crippen molar-refractivity contribution in [3.63, 3.8) is 0 Å². The third-order valence-electron chi connectivity index (χ3n) is 2.63. The van der Waals surface area contributed by atoms with Crippen molar-refractivity contribution in [1.82, 2.24) is 15.2 Å². The Hall–Kier alpha value is -1.33. The molecule has 0 radical (unpaired) electrons. The second kappa shape index (κ2) is 6.73. The third kappa shape index (κ3) is 4.08. The maximum atomic E-state index is 11.9. The second-order valence-electron chi connectivity index (χ2n) is 4.04. The Morgan fingerprint density at radius 3 is 2.63 bits per heavy atom. The number of pyridine rings is 1. The zero-order valence-electron chi connectivity index (χ0n) is 10.9. The van der Waals surface area contributed by atoms with Crippen LogP contribution in [0.3, 0.4) is 0 Å². The lowest BCUT2D eigenvalue weighted by Gasteiger charge is -2.20. The molecule has 0 saturated heterocycles. The molecule has 0 bridgehead atoms. The van der Waals surface area contributed by atoms with Crippen molar-refractivity contribution in [3.05, 3.63) is 28.0 Å². The fourth-order valence-corrected chi connectivity index (χ4v) is 1.64. The first-order valence-electron chi connectivity index (χ1n) is 5.73.